The van der Waals surface area contributed by atoms with Crippen molar-refractivity contribution in [2.75, 3.05) is 11.9 Å². The van der Waals surface area contributed by atoms with Crippen molar-refractivity contribution in [3.05, 3.63) is 32.5 Å². The molecule has 0 aliphatic heterocycles. The largest absolute Gasteiger partial charge is 0.379 e. The second kappa shape index (κ2) is 5.31. The van der Waals surface area contributed by atoms with Gasteiger partial charge in [-0.05, 0) is 59.0 Å². The first-order chi connectivity index (χ1) is 9.54. The predicted molar refractivity (Wildman–Crippen MR) is 78.2 cm³/mol. The summed E-state index contributed by atoms with van der Waals surface area (Å²) in [4.78, 5) is 10.4. The first-order valence-corrected chi connectivity index (χ1v) is 7.71. The Balaban J connectivity index is 1.73. The summed E-state index contributed by atoms with van der Waals surface area (Å²) in [5.41, 5.74) is 0.194. The summed E-state index contributed by atoms with van der Waals surface area (Å²) >= 11 is 3.08. The molecule has 2 aliphatic rings. The lowest BCUT2D eigenvalue weighted by molar-refractivity contribution is -0.384. The smallest absolute Gasteiger partial charge is 0.295 e. The van der Waals surface area contributed by atoms with Crippen LogP contribution in [-0.4, -0.2) is 11.5 Å². The van der Waals surface area contributed by atoms with E-state index in [-0.39, 0.29) is 10.2 Å². The van der Waals surface area contributed by atoms with Gasteiger partial charge < -0.3 is 5.32 Å². The van der Waals surface area contributed by atoms with Gasteiger partial charge in [0, 0.05) is 6.54 Å². The molecule has 1 aromatic rings. The monoisotopic (exact) mass is 342 g/mol. The average molecular weight is 343 g/mol. The van der Waals surface area contributed by atoms with Crippen LogP contribution in [0.15, 0.2) is 16.6 Å². The van der Waals surface area contributed by atoms with E-state index in [9.17, 15) is 14.5 Å². The summed E-state index contributed by atoms with van der Waals surface area (Å²) in [7, 11) is 0. The first kappa shape index (κ1) is 13.8. The lowest BCUT2D eigenvalue weighted by atomic mass is 9.89. The molecule has 0 radical (unpaired) electrons. The van der Waals surface area contributed by atoms with Gasteiger partial charge in [0.1, 0.15) is 11.5 Å². The van der Waals surface area contributed by atoms with Gasteiger partial charge in [-0.1, -0.05) is 6.42 Å². The number of nitrogens with one attached hydrogen (secondary N) is 1. The fourth-order valence-corrected chi connectivity index (χ4v) is 4.04. The van der Waals surface area contributed by atoms with Crippen LogP contribution < -0.4 is 5.32 Å². The number of hydrogen-bond acceptors (Lipinski definition) is 3. The molecule has 0 spiro atoms. The number of nitrogens with zero attached hydrogens (tertiary/aromatic N) is 1. The van der Waals surface area contributed by atoms with E-state index in [0.29, 0.717) is 11.6 Å². The maximum absolute atomic E-state index is 13.4. The average Bonchev–Trinajstić information content (AvgIpc) is 3.01. The van der Waals surface area contributed by atoms with E-state index in [1.165, 1.54) is 31.7 Å². The fraction of sp³-hybridized carbons (Fsp3) is 0.571. The molecule has 2 fully saturated rings. The van der Waals surface area contributed by atoms with E-state index in [0.717, 1.165) is 24.4 Å². The highest BCUT2D eigenvalue weighted by Gasteiger charge is 2.39. The number of nitro groups is 1. The van der Waals surface area contributed by atoms with Gasteiger partial charge in [-0.25, -0.2) is 4.39 Å². The van der Waals surface area contributed by atoms with Gasteiger partial charge in [-0.15, -0.1) is 0 Å². The number of nitro benzene ring substituents is 1. The minimum Gasteiger partial charge on any atom is -0.379 e. The van der Waals surface area contributed by atoms with Crippen molar-refractivity contribution >= 4 is 27.3 Å². The minimum atomic E-state index is -0.609. The number of anilines is 1. The van der Waals surface area contributed by atoms with Crippen LogP contribution in [-0.2, 0) is 0 Å². The maximum atomic E-state index is 13.4. The van der Waals surface area contributed by atoms with E-state index in [1.54, 1.807) is 0 Å². The van der Waals surface area contributed by atoms with Crippen molar-refractivity contribution in [2.45, 2.75) is 25.7 Å². The lowest BCUT2D eigenvalue weighted by Gasteiger charge is -2.22. The molecular formula is C14H16BrFN2O2. The van der Waals surface area contributed by atoms with E-state index >= 15 is 0 Å². The van der Waals surface area contributed by atoms with E-state index in [4.69, 9.17) is 0 Å². The van der Waals surface area contributed by atoms with Crippen LogP contribution in [0.4, 0.5) is 15.8 Å². The quantitative estimate of drug-likeness (QED) is 0.653. The van der Waals surface area contributed by atoms with Gasteiger partial charge in [0.05, 0.1) is 15.5 Å². The zero-order chi connectivity index (χ0) is 14.3. The van der Waals surface area contributed by atoms with Crippen molar-refractivity contribution in [2.24, 2.45) is 17.8 Å². The number of fused-ring (bicyclic) bond motifs is 2. The van der Waals surface area contributed by atoms with Gasteiger partial charge in [-0.3, -0.25) is 10.1 Å². The van der Waals surface area contributed by atoms with Gasteiger partial charge in [-0.2, -0.15) is 0 Å². The van der Waals surface area contributed by atoms with Gasteiger partial charge >= 0.3 is 0 Å². The fourth-order valence-electron chi connectivity index (χ4n) is 3.70. The molecule has 3 unspecified atom stereocenters. The molecule has 6 heteroatoms. The third kappa shape index (κ3) is 2.53. The van der Waals surface area contributed by atoms with E-state index in [1.807, 2.05) is 0 Å². The Hall–Kier alpha value is -1.17. The summed E-state index contributed by atoms with van der Waals surface area (Å²) in [6.45, 7) is 0.736. The van der Waals surface area contributed by atoms with Crippen molar-refractivity contribution in [1.29, 1.82) is 0 Å². The highest BCUT2D eigenvalue weighted by molar-refractivity contribution is 9.10. The molecule has 1 aromatic carbocycles. The topological polar surface area (TPSA) is 55.2 Å². The maximum Gasteiger partial charge on any atom is 0.295 e. The highest BCUT2D eigenvalue weighted by Crippen LogP contribution is 2.48. The third-order valence-electron chi connectivity index (χ3n) is 4.67. The van der Waals surface area contributed by atoms with Crippen LogP contribution in [0.1, 0.15) is 25.7 Å². The first-order valence-electron chi connectivity index (χ1n) is 6.92. The molecule has 0 amide bonds. The Morgan fingerprint density at radius 2 is 2.20 bits per heavy atom. The molecule has 0 aromatic heterocycles. The number of rotatable bonds is 4. The Labute approximate surface area is 125 Å². The summed E-state index contributed by atoms with van der Waals surface area (Å²) < 4.78 is 13.7. The second-order valence-electron chi connectivity index (χ2n) is 5.86. The third-order valence-corrected chi connectivity index (χ3v) is 5.28. The Bertz CT molecular complexity index is 552. The van der Waals surface area contributed by atoms with Gasteiger partial charge in [0.25, 0.3) is 5.69 Å². The standard InChI is InChI=1S/C14H16BrFN2O2/c15-11-5-13(14(18(19)20)6-12(11)16)17-7-10-4-8-1-2-9(10)3-8/h5-6,8-10,17H,1-4,7H2. The van der Waals surface area contributed by atoms with Crippen molar-refractivity contribution in [3.63, 3.8) is 0 Å². The summed E-state index contributed by atoms with van der Waals surface area (Å²) in [5, 5.41) is 14.1. The predicted octanol–water partition coefficient (Wildman–Crippen LogP) is 4.34. The second-order valence-corrected chi connectivity index (χ2v) is 6.71. The molecule has 4 nitrogen and oxygen atoms in total. The van der Waals surface area contributed by atoms with Crippen LogP contribution in [0, 0.1) is 33.7 Å². The number of halogens is 2. The Morgan fingerprint density at radius 3 is 2.80 bits per heavy atom. The molecule has 3 atom stereocenters. The minimum absolute atomic E-state index is 0.200. The van der Waals surface area contributed by atoms with Crippen molar-refractivity contribution in [3.8, 4) is 0 Å². The molecule has 2 aliphatic carbocycles. The summed E-state index contributed by atoms with van der Waals surface area (Å²) in [6.07, 6.45) is 5.14. The summed E-state index contributed by atoms with van der Waals surface area (Å²) in [6, 6.07) is 2.42. The van der Waals surface area contributed by atoms with Crippen LogP contribution in [0.3, 0.4) is 0 Å². The van der Waals surface area contributed by atoms with Crippen LogP contribution in [0.25, 0.3) is 0 Å². The normalized spacial score (nSPS) is 27.8. The van der Waals surface area contributed by atoms with Crippen LogP contribution >= 0.6 is 15.9 Å². The Morgan fingerprint density at radius 1 is 1.40 bits per heavy atom. The van der Waals surface area contributed by atoms with Gasteiger partial charge in [0.2, 0.25) is 0 Å². The molecule has 1 N–H and O–H groups in total. The van der Waals surface area contributed by atoms with Gasteiger partial charge in [0.15, 0.2) is 0 Å². The highest BCUT2D eigenvalue weighted by atomic mass is 79.9. The Kier molecular flexibility index (Phi) is 3.67. The zero-order valence-corrected chi connectivity index (χ0v) is 12.5. The van der Waals surface area contributed by atoms with Crippen LogP contribution in [0.2, 0.25) is 0 Å². The zero-order valence-electron chi connectivity index (χ0n) is 10.9. The molecule has 108 valence electrons. The van der Waals surface area contributed by atoms with E-state index in [2.05, 4.69) is 21.2 Å². The molecule has 0 heterocycles. The molecule has 2 saturated carbocycles. The number of benzene rings is 1. The SMILES string of the molecule is O=[N+]([O-])c1cc(F)c(Br)cc1NCC1CC2CCC1C2. The molecule has 0 saturated heterocycles. The van der Waals surface area contributed by atoms with Crippen molar-refractivity contribution < 1.29 is 9.31 Å². The number of hydrogen-bond donors (Lipinski definition) is 1. The molecule has 3 rings (SSSR count). The van der Waals surface area contributed by atoms with Crippen molar-refractivity contribution in [1.82, 2.24) is 0 Å². The lowest BCUT2D eigenvalue weighted by Crippen LogP contribution is -2.20. The van der Waals surface area contributed by atoms with Crippen LogP contribution in [0.5, 0.6) is 0 Å². The molecule has 20 heavy (non-hydrogen) atoms. The molecule has 2 bridgehead atoms. The summed E-state index contributed by atoms with van der Waals surface area (Å²) in [5.74, 6) is 1.59. The van der Waals surface area contributed by atoms with E-state index < -0.39 is 10.7 Å². The molecular weight excluding hydrogens is 327 g/mol.